The Morgan fingerprint density at radius 1 is 1.10 bits per heavy atom. The number of carboxylic acids is 2. The highest BCUT2D eigenvalue weighted by Gasteiger charge is 2.29. The molecule has 0 aliphatic heterocycles. The van der Waals surface area contributed by atoms with E-state index in [-0.39, 0.29) is 11.5 Å². The molecule has 2 amide bonds. The van der Waals surface area contributed by atoms with E-state index in [2.05, 4.69) is 19.2 Å². The van der Waals surface area contributed by atoms with Gasteiger partial charge in [-0.15, -0.1) is 0 Å². The van der Waals surface area contributed by atoms with E-state index in [4.69, 9.17) is 10.2 Å². The van der Waals surface area contributed by atoms with Crippen LogP contribution in [0, 0.1) is 5.41 Å². The van der Waals surface area contributed by atoms with Crippen LogP contribution in [0.15, 0.2) is 0 Å². The molecule has 0 spiro atoms. The highest BCUT2D eigenvalue weighted by molar-refractivity contribution is 5.84. The van der Waals surface area contributed by atoms with Crippen molar-refractivity contribution in [3.63, 3.8) is 0 Å². The fourth-order valence-electron chi connectivity index (χ4n) is 2.34. The number of aliphatic carboxylic acids is 2. The van der Waals surface area contributed by atoms with Crippen LogP contribution in [0.3, 0.4) is 0 Å². The van der Waals surface area contributed by atoms with Gasteiger partial charge in [-0.2, -0.15) is 0 Å². The van der Waals surface area contributed by atoms with Gasteiger partial charge in [0, 0.05) is 6.04 Å². The maximum absolute atomic E-state index is 11.9. The molecule has 0 atom stereocenters. The molecule has 1 fully saturated rings. The number of hydrogen-bond acceptors (Lipinski definition) is 3. The van der Waals surface area contributed by atoms with Crippen LogP contribution >= 0.6 is 0 Å². The summed E-state index contributed by atoms with van der Waals surface area (Å²) in [6.07, 6.45) is 3.62. The molecule has 0 unspecified atom stereocenters. The van der Waals surface area contributed by atoms with Gasteiger partial charge in [0.25, 0.3) is 0 Å². The van der Waals surface area contributed by atoms with E-state index in [1.54, 1.807) is 0 Å². The minimum Gasteiger partial charge on any atom is -0.480 e. The van der Waals surface area contributed by atoms with Crippen LogP contribution in [0.25, 0.3) is 0 Å². The maximum Gasteiger partial charge on any atom is 0.323 e. The summed E-state index contributed by atoms with van der Waals surface area (Å²) in [5, 5.41) is 20.1. The van der Waals surface area contributed by atoms with Crippen LogP contribution in [-0.4, -0.2) is 52.2 Å². The lowest BCUT2D eigenvalue weighted by Crippen LogP contribution is -2.49. The number of nitrogens with one attached hydrogen (secondary N) is 1. The molecule has 1 saturated carbocycles. The first-order valence-corrected chi connectivity index (χ1v) is 6.69. The van der Waals surface area contributed by atoms with Crippen LogP contribution in [-0.2, 0) is 9.59 Å². The summed E-state index contributed by atoms with van der Waals surface area (Å²) < 4.78 is 0. The summed E-state index contributed by atoms with van der Waals surface area (Å²) in [6.45, 7) is 3.12. The van der Waals surface area contributed by atoms with Crippen molar-refractivity contribution < 1.29 is 24.6 Å². The molecule has 0 aromatic rings. The molecular formula is C13H22N2O5. The molecule has 1 aliphatic carbocycles. The molecule has 7 heteroatoms. The van der Waals surface area contributed by atoms with Gasteiger partial charge < -0.3 is 20.4 Å². The number of nitrogens with zero attached hydrogens (tertiary/aromatic N) is 1. The highest BCUT2D eigenvalue weighted by Crippen LogP contribution is 2.34. The molecular weight excluding hydrogens is 264 g/mol. The van der Waals surface area contributed by atoms with Crippen molar-refractivity contribution in [2.45, 2.75) is 45.6 Å². The van der Waals surface area contributed by atoms with Crippen molar-refractivity contribution in [3.8, 4) is 0 Å². The Bertz CT molecular complexity index is 368. The molecule has 0 bridgehead atoms. The standard InChI is InChI=1S/C13H22N2O5/c1-13(2)5-3-9(4-6-13)14-12(20)15(7-10(16)17)8-11(18)19/h9H,3-8H2,1-2H3,(H,14,20)(H,16,17)(H,18,19). The fourth-order valence-corrected chi connectivity index (χ4v) is 2.34. The predicted octanol–water partition coefficient (Wildman–Crippen LogP) is 1.14. The second kappa shape index (κ2) is 6.58. The van der Waals surface area contributed by atoms with Crippen LogP contribution in [0.5, 0.6) is 0 Å². The summed E-state index contributed by atoms with van der Waals surface area (Å²) in [7, 11) is 0. The van der Waals surface area contributed by atoms with Crippen molar-refractivity contribution in [1.29, 1.82) is 0 Å². The quantitative estimate of drug-likeness (QED) is 0.702. The predicted molar refractivity (Wildman–Crippen MR) is 71.4 cm³/mol. The van der Waals surface area contributed by atoms with Gasteiger partial charge in [-0.1, -0.05) is 13.8 Å². The van der Waals surface area contributed by atoms with Crippen molar-refractivity contribution in [2.75, 3.05) is 13.1 Å². The Kier molecular flexibility index (Phi) is 5.35. The van der Waals surface area contributed by atoms with E-state index in [0.717, 1.165) is 30.6 Å². The third kappa shape index (κ3) is 5.46. The normalized spacial score (nSPS) is 18.3. The second-order valence-electron chi connectivity index (χ2n) is 6.03. The molecule has 114 valence electrons. The van der Waals surface area contributed by atoms with E-state index in [9.17, 15) is 14.4 Å². The topological polar surface area (TPSA) is 107 Å². The Balaban J connectivity index is 2.53. The van der Waals surface area contributed by atoms with Crippen LogP contribution in [0.2, 0.25) is 0 Å². The first-order valence-electron chi connectivity index (χ1n) is 6.69. The van der Waals surface area contributed by atoms with Gasteiger partial charge in [-0.05, 0) is 31.1 Å². The highest BCUT2D eigenvalue weighted by atomic mass is 16.4. The summed E-state index contributed by atoms with van der Waals surface area (Å²) in [6, 6.07) is -0.639. The number of rotatable bonds is 5. The van der Waals surface area contributed by atoms with Gasteiger partial charge in [0.2, 0.25) is 0 Å². The van der Waals surface area contributed by atoms with Crippen molar-refractivity contribution >= 4 is 18.0 Å². The second-order valence-corrected chi connectivity index (χ2v) is 6.03. The van der Waals surface area contributed by atoms with Gasteiger partial charge in [0.1, 0.15) is 13.1 Å². The molecule has 20 heavy (non-hydrogen) atoms. The van der Waals surface area contributed by atoms with E-state index in [1.165, 1.54) is 0 Å². The van der Waals surface area contributed by atoms with Gasteiger partial charge in [0.15, 0.2) is 0 Å². The minimum absolute atomic E-state index is 0.0133. The summed E-state index contributed by atoms with van der Waals surface area (Å²) in [5.41, 5.74) is 0.267. The van der Waals surface area contributed by atoms with Gasteiger partial charge in [-0.3, -0.25) is 9.59 Å². The number of hydrogen-bond donors (Lipinski definition) is 3. The molecule has 1 aliphatic rings. The monoisotopic (exact) mass is 286 g/mol. The molecule has 0 radical (unpaired) electrons. The molecule has 0 heterocycles. The molecule has 0 aromatic heterocycles. The van der Waals surface area contributed by atoms with Gasteiger partial charge >= 0.3 is 18.0 Å². The first kappa shape index (κ1) is 16.3. The molecule has 0 saturated heterocycles. The lowest BCUT2D eigenvalue weighted by Gasteiger charge is -2.35. The Morgan fingerprint density at radius 3 is 1.95 bits per heavy atom. The number of amides is 2. The zero-order valence-corrected chi connectivity index (χ0v) is 11.9. The zero-order chi connectivity index (χ0) is 15.3. The SMILES string of the molecule is CC1(C)CCC(NC(=O)N(CC(=O)O)CC(=O)O)CC1. The Hall–Kier alpha value is -1.79. The average Bonchev–Trinajstić information content (AvgIpc) is 2.29. The van der Waals surface area contributed by atoms with Crippen molar-refractivity contribution in [1.82, 2.24) is 10.2 Å². The average molecular weight is 286 g/mol. The summed E-state index contributed by atoms with van der Waals surface area (Å²) in [5.74, 6) is -2.46. The summed E-state index contributed by atoms with van der Waals surface area (Å²) >= 11 is 0. The van der Waals surface area contributed by atoms with E-state index in [0.29, 0.717) is 0 Å². The first-order chi connectivity index (χ1) is 9.19. The summed E-state index contributed by atoms with van der Waals surface area (Å²) in [4.78, 5) is 34.0. The smallest absolute Gasteiger partial charge is 0.323 e. The number of carboxylic acid groups (broad SMARTS) is 2. The maximum atomic E-state index is 11.9. The number of carbonyl (C=O) groups excluding carboxylic acids is 1. The minimum atomic E-state index is -1.23. The van der Waals surface area contributed by atoms with E-state index < -0.39 is 31.1 Å². The molecule has 0 aromatic carbocycles. The van der Waals surface area contributed by atoms with Gasteiger partial charge in [-0.25, -0.2) is 4.79 Å². The van der Waals surface area contributed by atoms with E-state index in [1.807, 2.05) is 0 Å². The van der Waals surface area contributed by atoms with Crippen LogP contribution in [0.1, 0.15) is 39.5 Å². The van der Waals surface area contributed by atoms with Crippen molar-refractivity contribution in [2.24, 2.45) is 5.41 Å². The molecule has 7 nitrogen and oxygen atoms in total. The molecule has 3 N–H and O–H groups in total. The lowest BCUT2D eigenvalue weighted by molar-refractivity contribution is -0.140. The zero-order valence-electron chi connectivity index (χ0n) is 11.9. The third-order valence-corrected chi connectivity index (χ3v) is 3.61. The van der Waals surface area contributed by atoms with Crippen LogP contribution in [0.4, 0.5) is 4.79 Å². The van der Waals surface area contributed by atoms with Crippen LogP contribution < -0.4 is 5.32 Å². The fraction of sp³-hybridized carbons (Fsp3) is 0.769. The lowest BCUT2D eigenvalue weighted by atomic mass is 9.75. The number of urea groups is 1. The molecule has 1 rings (SSSR count). The Labute approximate surface area is 117 Å². The Morgan fingerprint density at radius 2 is 1.55 bits per heavy atom. The third-order valence-electron chi connectivity index (χ3n) is 3.61. The van der Waals surface area contributed by atoms with Gasteiger partial charge in [0.05, 0.1) is 0 Å². The largest absolute Gasteiger partial charge is 0.480 e. The number of carbonyl (C=O) groups is 3. The van der Waals surface area contributed by atoms with E-state index >= 15 is 0 Å². The van der Waals surface area contributed by atoms with Crippen molar-refractivity contribution in [3.05, 3.63) is 0 Å².